The van der Waals surface area contributed by atoms with Gasteiger partial charge < -0.3 is 9.84 Å². The third-order valence-corrected chi connectivity index (χ3v) is 2.41. The zero-order valence-electron chi connectivity index (χ0n) is 7.60. The summed E-state index contributed by atoms with van der Waals surface area (Å²) < 4.78 is 5.43. The van der Waals surface area contributed by atoms with Crippen LogP contribution in [0.3, 0.4) is 0 Å². The minimum atomic E-state index is 0.191. The molecule has 0 aliphatic carbocycles. The van der Waals surface area contributed by atoms with Crippen molar-refractivity contribution in [1.82, 2.24) is 4.98 Å². The number of rotatable bonds is 2. The van der Waals surface area contributed by atoms with Crippen LogP contribution in [0.4, 0.5) is 0 Å². The van der Waals surface area contributed by atoms with E-state index in [1.165, 1.54) is 11.3 Å². The molecule has 0 unspecified atom stereocenters. The molecule has 0 aliphatic rings. The molecule has 72 valence electrons. The molecule has 3 nitrogen and oxygen atoms in total. The largest absolute Gasteiger partial charge is 0.508 e. The maximum absolute atomic E-state index is 9.20. The quantitative estimate of drug-likeness (QED) is 0.823. The number of phenolic OH excluding ortho intramolecular Hbond substituents is 1. The molecule has 1 aromatic carbocycles. The van der Waals surface area contributed by atoms with Crippen molar-refractivity contribution in [3.8, 4) is 16.7 Å². The van der Waals surface area contributed by atoms with E-state index in [2.05, 4.69) is 4.98 Å². The van der Waals surface area contributed by atoms with Gasteiger partial charge in [0.25, 0.3) is 5.19 Å². The summed E-state index contributed by atoms with van der Waals surface area (Å²) in [5.41, 5.74) is 0. The van der Waals surface area contributed by atoms with Gasteiger partial charge in [0, 0.05) is 17.1 Å². The normalized spacial score (nSPS) is 10.1. The molecule has 2 aromatic rings. The van der Waals surface area contributed by atoms with Gasteiger partial charge in [-0.3, -0.25) is 0 Å². The van der Waals surface area contributed by atoms with Crippen molar-refractivity contribution in [3.05, 3.63) is 35.3 Å². The van der Waals surface area contributed by atoms with Gasteiger partial charge >= 0.3 is 0 Å². The van der Waals surface area contributed by atoms with Gasteiger partial charge in [0.15, 0.2) is 0 Å². The predicted octanol–water partition coefficient (Wildman–Crippen LogP) is 2.95. The highest BCUT2D eigenvalue weighted by molar-refractivity contribution is 7.13. The van der Waals surface area contributed by atoms with Crippen LogP contribution >= 0.6 is 11.3 Å². The topological polar surface area (TPSA) is 42.4 Å². The Hall–Kier alpha value is -1.55. The van der Waals surface area contributed by atoms with Gasteiger partial charge in [0.2, 0.25) is 0 Å². The Morgan fingerprint density at radius 1 is 1.43 bits per heavy atom. The van der Waals surface area contributed by atoms with Crippen molar-refractivity contribution in [3.63, 3.8) is 0 Å². The maximum atomic E-state index is 9.20. The first-order chi connectivity index (χ1) is 6.74. The van der Waals surface area contributed by atoms with Crippen LogP contribution in [-0.4, -0.2) is 10.1 Å². The molecular formula is C10H9NO2S. The van der Waals surface area contributed by atoms with E-state index < -0.39 is 0 Å². The van der Waals surface area contributed by atoms with Crippen molar-refractivity contribution in [1.29, 1.82) is 0 Å². The third kappa shape index (κ3) is 2.03. The summed E-state index contributed by atoms with van der Waals surface area (Å²) in [6.45, 7) is 1.97. The Bertz CT molecular complexity index is 439. The number of hydrogen-bond acceptors (Lipinski definition) is 4. The van der Waals surface area contributed by atoms with E-state index in [1.54, 1.807) is 30.5 Å². The molecular weight excluding hydrogens is 198 g/mol. The molecule has 0 amide bonds. The lowest BCUT2D eigenvalue weighted by atomic mass is 10.3. The number of aromatic hydroxyl groups is 1. The van der Waals surface area contributed by atoms with E-state index >= 15 is 0 Å². The van der Waals surface area contributed by atoms with Gasteiger partial charge in [0.05, 0.1) is 0 Å². The van der Waals surface area contributed by atoms with Crippen molar-refractivity contribution < 1.29 is 9.84 Å². The number of nitrogens with zero attached hydrogens (tertiary/aromatic N) is 1. The molecule has 0 radical (unpaired) electrons. The fraction of sp³-hybridized carbons (Fsp3) is 0.100. The van der Waals surface area contributed by atoms with Crippen LogP contribution in [0.2, 0.25) is 0 Å². The summed E-state index contributed by atoms with van der Waals surface area (Å²) >= 11 is 1.47. The van der Waals surface area contributed by atoms with Gasteiger partial charge in [-0.1, -0.05) is 17.4 Å². The lowest BCUT2D eigenvalue weighted by Crippen LogP contribution is -1.81. The van der Waals surface area contributed by atoms with Gasteiger partial charge in [-0.15, -0.1) is 0 Å². The second-order valence-corrected chi connectivity index (χ2v) is 4.03. The van der Waals surface area contributed by atoms with Crippen LogP contribution in [0, 0.1) is 6.92 Å². The summed E-state index contributed by atoms with van der Waals surface area (Å²) in [6.07, 6.45) is 1.75. The number of phenols is 1. The standard InChI is InChI=1S/C10H9NO2S/c1-7-6-11-10(14-7)13-9-4-2-3-8(12)5-9/h2-6,12H,1H3. The molecule has 1 heterocycles. The molecule has 0 fully saturated rings. The number of aryl methyl sites for hydroxylation is 1. The van der Waals surface area contributed by atoms with Gasteiger partial charge in [-0.2, -0.15) is 0 Å². The van der Waals surface area contributed by atoms with Crippen molar-refractivity contribution in [2.75, 3.05) is 0 Å². The number of hydrogen-bond donors (Lipinski definition) is 1. The fourth-order valence-corrected chi connectivity index (χ4v) is 1.65. The van der Waals surface area contributed by atoms with Crippen LogP contribution in [0.15, 0.2) is 30.5 Å². The van der Waals surface area contributed by atoms with Gasteiger partial charge in [-0.25, -0.2) is 4.98 Å². The first-order valence-electron chi connectivity index (χ1n) is 4.13. The molecule has 2 rings (SSSR count). The highest BCUT2D eigenvalue weighted by atomic mass is 32.1. The summed E-state index contributed by atoms with van der Waals surface area (Å²) in [5.74, 6) is 0.787. The Morgan fingerprint density at radius 2 is 2.29 bits per heavy atom. The van der Waals surface area contributed by atoms with Crippen molar-refractivity contribution in [2.45, 2.75) is 6.92 Å². The SMILES string of the molecule is Cc1cnc(Oc2cccc(O)c2)s1. The smallest absolute Gasteiger partial charge is 0.278 e. The molecule has 0 aliphatic heterocycles. The molecule has 0 bridgehead atoms. The maximum Gasteiger partial charge on any atom is 0.278 e. The molecule has 0 spiro atoms. The van der Waals surface area contributed by atoms with Crippen LogP contribution in [0.25, 0.3) is 0 Å². The predicted molar refractivity (Wildman–Crippen MR) is 55.0 cm³/mol. The highest BCUT2D eigenvalue weighted by Gasteiger charge is 2.01. The molecule has 1 N–H and O–H groups in total. The summed E-state index contributed by atoms with van der Waals surface area (Å²) in [7, 11) is 0. The Balaban J connectivity index is 2.18. The molecule has 14 heavy (non-hydrogen) atoms. The lowest BCUT2D eigenvalue weighted by molar-refractivity contribution is 0.454. The first kappa shape index (κ1) is 9.02. The van der Waals surface area contributed by atoms with E-state index in [0.29, 0.717) is 10.9 Å². The lowest BCUT2D eigenvalue weighted by Gasteiger charge is -2.00. The Labute approximate surface area is 85.6 Å². The number of aromatic nitrogens is 1. The molecule has 4 heteroatoms. The molecule has 0 atom stereocenters. The van der Waals surface area contributed by atoms with Crippen LogP contribution < -0.4 is 4.74 Å². The zero-order valence-corrected chi connectivity index (χ0v) is 8.41. The van der Waals surface area contributed by atoms with Gasteiger partial charge in [0.1, 0.15) is 11.5 Å². The van der Waals surface area contributed by atoms with E-state index in [1.807, 2.05) is 6.92 Å². The van der Waals surface area contributed by atoms with Crippen LogP contribution in [0.5, 0.6) is 16.7 Å². The molecule has 1 aromatic heterocycles. The number of benzene rings is 1. The minimum absolute atomic E-state index is 0.191. The second kappa shape index (κ2) is 3.67. The molecule has 0 saturated carbocycles. The second-order valence-electron chi connectivity index (χ2n) is 2.84. The number of thiazole rings is 1. The van der Waals surface area contributed by atoms with E-state index in [4.69, 9.17) is 4.74 Å². The van der Waals surface area contributed by atoms with Crippen LogP contribution in [-0.2, 0) is 0 Å². The summed E-state index contributed by atoms with van der Waals surface area (Å²) in [4.78, 5) is 5.15. The van der Waals surface area contributed by atoms with Crippen molar-refractivity contribution in [2.24, 2.45) is 0 Å². The van der Waals surface area contributed by atoms with E-state index in [9.17, 15) is 5.11 Å². The van der Waals surface area contributed by atoms with Crippen LogP contribution in [0.1, 0.15) is 4.88 Å². The number of ether oxygens (including phenoxy) is 1. The average molecular weight is 207 g/mol. The van der Waals surface area contributed by atoms with E-state index in [-0.39, 0.29) is 5.75 Å². The monoisotopic (exact) mass is 207 g/mol. The van der Waals surface area contributed by atoms with E-state index in [0.717, 1.165) is 4.88 Å². The average Bonchev–Trinajstić information content (AvgIpc) is 2.51. The zero-order chi connectivity index (χ0) is 9.97. The summed E-state index contributed by atoms with van der Waals surface area (Å²) in [6, 6.07) is 6.65. The Kier molecular flexibility index (Phi) is 2.37. The Morgan fingerprint density at radius 3 is 2.93 bits per heavy atom. The van der Waals surface area contributed by atoms with Gasteiger partial charge in [-0.05, 0) is 19.1 Å². The molecule has 0 saturated heterocycles. The summed E-state index contributed by atoms with van der Waals surface area (Å²) in [5, 5.41) is 9.79. The fourth-order valence-electron chi connectivity index (χ4n) is 1.03. The minimum Gasteiger partial charge on any atom is -0.508 e. The third-order valence-electron chi connectivity index (χ3n) is 1.62. The highest BCUT2D eigenvalue weighted by Crippen LogP contribution is 2.27. The van der Waals surface area contributed by atoms with Crippen molar-refractivity contribution >= 4 is 11.3 Å². The first-order valence-corrected chi connectivity index (χ1v) is 4.95.